The average Bonchev–Trinajstić information content (AvgIpc) is 2.44. The van der Waals surface area contributed by atoms with Crippen LogP contribution in [0.25, 0.3) is 0 Å². The molecule has 0 saturated carbocycles. The summed E-state index contributed by atoms with van der Waals surface area (Å²) in [7, 11) is 1.50. The van der Waals surface area contributed by atoms with Gasteiger partial charge in [-0.25, -0.2) is 0 Å². The van der Waals surface area contributed by atoms with Crippen LogP contribution in [0, 0.1) is 0 Å². The second-order valence-corrected chi connectivity index (χ2v) is 4.68. The standard InChI is InChI=1S/C14H22N2O3/c1-4-14(2,19-3)13(18)16-9-12(17)10-5-7-11(15)8-6-10/h5-8,12,17H,4,9,15H2,1-3H3,(H,16,18). The summed E-state index contributed by atoms with van der Waals surface area (Å²) in [6, 6.07) is 6.90. The molecule has 0 bridgehead atoms. The molecule has 1 amide bonds. The van der Waals surface area contributed by atoms with E-state index < -0.39 is 11.7 Å². The maximum Gasteiger partial charge on any atom is 0.252 e. The summed E-state index contributed by atoms with van der Waals surface area (Å²) in [5.74, 6) is -0.230. The molecule has 0 aliphatic heterocycles. The molecule has 5 heteroatoms. The molecule has 1 aromatic carbocycles. The van der Waals surface area contributed by atoms with E-state index in [4.69, 9.17) is 10.5 Å². The van der Waals surface area contributed by atoms with Gasteiger partial charge in [0.05, 0.1) is 6.10 Å². The lowest BCUT2D eigenvalue weighted by molar-refractivity contribution is -0.142. The quantitative estimate of drug-likeness (QED) is 0.676. The molecule has 1 rings (SSSR count). The number of carbonyl (C=O) groups is 1. The van der Waals surface area contributed by atoms with Gasteiger partial charge in [0.1, 0.15) is 5.60 Å². The van der Waals surface area contributed by atoms with E-state index in [0.717, 1.165) is 0 Å². The summed E-state index contributed by atoms with van der Waals surface area (Å²) in [4.78, 5) is 11.9. The molecule has 0 spiro atoms. The largest absolute Gasteiger partial charge is 0.399 e. The van der Waals surface area contributed by atoms with Crippen molar-refractivity contribution in [2.75, 3.05) is 19.4 Å². The number of nitrogens with one attached hydrogen (secondary N) is 1. The second-order valence-electron chi connectivity index (χ2n) is 4.68. The van der Waals surface area contributed by atoms with Gasteiger partial charge in [-0.3, -0.25) is 4.79 Å². The Kier molecular flexibility index (Phi) is 5.32. The van der Waals surface area contributed by atoms with Gasteiger partial charge in [0.25, 0.3) is 5.91 Å². The van der Waals surface area contributed by atoms with E-state index in [0.29, 0.717) is 17.7 Å². The van der Waals surface area contributed by atoms with Gasteiger partial charge in [-0.1, -0.05) is 19.1 Å². The number of benzene rings is 1. The highest BCUT2D eigenvalue weighted by Crippen LogP contribution is 2.16. The van der Waals surface area contributed by atoms with Crippen molar-refractivity contribution in [3.8, 4) is 0 Å². The number of methoxy groups -OCH3 is 1. The van der Waals surface area contributed by atoms with Crippen LogP contribution in [0.15, 0.2) is 24.3 Å². The molecule has 19 heavy (non-hydrogen) atoms. The van der Waals surface area contributed by atoms with Crippen molar-refractivity contribution in [2.45, 2.75) is 32.0 Å². The highest BCUT2D eigenvalue weighted by atomic mass is 16.5. The number of rotatable bonds is 6. The lowest BCUT2D eigenvalue weighted by Crippen LogP contribution is -2.46. The summed E-state index contributed by atoms with van der Waals surface area (Å²) in [5.41, 5.74) is 6.06. The minimum Gasteiger partial charge on any atom is -0.399 e. The van der Waals surface area contributed by atoms with Crippen LogP contribution < -0.4 is 11.1 Å². The number of aliphatic hydroxyl groups excluding tert-OH is 1. The average molecular weight is 266 g/mol. The Balaban J connectivity index is 2.57. The molecule has 4 N–H and O–H groups in total. The molecule has 0 aliphatic carbocycles. The smallest absolute Gasteiger partial charge is 0.252 e. The number of hydrogen-bond acceptors (Lipinski definition) is 4. The molecule has 0 saturated heterocycles. The number of aliphatic hydroxyl groups is 1. The number of carbonyl (C=O) groups excluding carboxylic acids is 1. The van der Waals surface area contributed by atoms with Crippen molar-refractivity contribution in [1.29, 1.82) is 0 Å². The molecule has 106 valence electrons. The van der Waals surface area contributed by atoms with Gasteiger partial charge in [0.2, 0.25) is 0 Å². The topological polar surface area (TPSA) is 84.6 Å². The molecule has 0 radical (unpaired) electrons. The van der Waals surface area contributed by atoms with Crippen LogP contribution in [0.5, 0.6) is 0 Å². The molecule has 0 fully saturated rings. The number of nitrogens with two attached hydrogens (primary N) is 1. The molecule has 0 aromatic heterocycles. The van der Waals surface area contributed by atoms with Crippen LogP contribution in [-0.4, -0.2) is 30.3 Å². The van der Waals surface area contributed by atoms with Crippen LogP contribution in [-0.2, 0) is 9.53 Å². The van der Waals surface area contributed by atoms with Gasteiger partial charge < -0.3 is 20.9 Å². The van der Waals surface area contributed by atoms with Crippen LogP contribution in [0.3, 0.4) is 0 Å². The number of amides is 1. The maximum absolute atomic E-state index is 11.9. The number of ether oxygens (including phenoxy) is 1. The summed E-state index contributed by atoms with van der Waals surface area (Å²) in [6.45, 7) is 3.74. The fraction of sp³-hybridized carbons (Fsp3) is 0.500. The Morgan fingerprint density at radius 2 is 2.05 bits per heavy atom. The van der Waals surface area contributed by atoms with E-state index in [2.05, 4.69) is 5.32 Å². The van der Waals surface area contributed by atoms with Gasteiger partial charge in [-0.05, 0) is 31.0 Å². The van der Waals surface area contributed by atoms with Crippen LogP contribution in [0.2, 0.25) is 0 Å². The van der Waals surface area contributed by atoms with E-state index in [1.165, 1.54) is 7.11 Å². The highest BCUT2D eigenvalue weighted by molar-refractivity contribution is 5.84. The predicted octanol–water partition coefficient (Wildman–Crippen LogP) is 1.23. The Morgan fingerprint density at radius 3 is 2.53 bits per heavy atom. The number of nitrogen functional groups attached to an aromatic ring is 1. The molecule has 5 nitrogen and oxygen atoms in total. The fourth-order valence-electron chi connectivity index (χ4n) is 1.61. The summed E-state index contributed by atoms with van der Waals surface area (Å²) >= 11 is 0. The Morgan fingerprint density at radius 1 is 1.47 bits per heavy atom. The van der Waals surface area contributed by atoms with E-state index in [1.54, 1.807) is 31.2 Å². The number of anilines is 1. The highest BCUT2D eigenvalue weighted by Gasteiger charge is 2.30. The molecule has 0 aliphatic rings. The van der Waals surface area contributed by atoms with Gasteiger partial charge in [0, 0.05) is 19.3 Å². The summed E-state index contributed by atoms with van der Waals surface area (Å²) < 4.78 is 5.19. The Bertz CT molecular complexity index is 413. The second kappa shape index (κ2) is 6.54. The minimum atomic E-state index is -0.860. The van der Waals surface area contributed by atoms with Gasteiger partial charge in [0.15, 0.2) is 0 Å². The van der Waals surface area contributed by atoms with Crippen molar-refractivity contribution in [3.05, 3.63) is 29.8 Å². The summed E-state index contributed by atoms with van der Waals surface area (Å²) in [6.07, 6.45) is -0.199. The van der Waals surface area contributed by atoms with Crippen molar-refractivity contribution < 1.29 is 14.6 Å². The van der Waals surface area contributed by atoms with E-state index in [9.17, 15) is 9.90 Å². The van der Waals surface area contributed by atoms with Crippen LogP contribution >= 0.6 is 0 Å². The van der Waals surface area contributed by atoms with E-state index >= 15 is 0 Å². The lowest BCUT2D eigenvalue weighted by Gasteiger charge is -2.26. The van der Waals surface area contributed by atoms with Crippen molar-refractivity contribution in [2.24, 2.45) is 0 Å². The first-order chi connectivity index (χ1) is 8.92. The fourth-order valence-corrected chi connectivity index (χ4v) is 1.61. The van der Waals surface area contributed by atoms with Gasteiger partial charge in [-0.2, -0.15) is 0 Å². The SMILES string of the molecule is CCC(C)(OC)C(=O)NCC(O)c1ccc(N)cc1. The third kappa shape index (κ3) is 3.94. The van der Waals surface area contributed by atoms with Gasteiger partial charge in [-0.15, -0.1) is 0 Å². The predicted molar refractivity (Wildman–Crippen MR) is 74.5 cm³/mol. The summed E-state index contributed by atoms with van der Waals surface area (Å²) in [5, 5.41) is 12.7. The molecular weight excluding hydrogens is 244 g/mol. The molecule has 1 aromatic rings. The molecular formula is C14H22N2O3. The van der Waals surface area contributed by atoms with Crippen LogP contribution in [0.1, 0.15) is 31.9 Å². The minimum absolute atomic E-state index is 0.141. The first-order valence-electron chi connectivity index (χ1n) is 6.30. The van der Waals surface area contributed by atoms with Crippen molar-refractivity contribution in [3.63, 3.8) is 0 Å². The Hall–Kier alpha value is -1.59. The monoisotopic (exact) mass is 266 g/mol. The zero-order chi connectivity index (χ0) is 14.5. The van der Waals surface area contributed by atoms with E-state index in [1.807, 2.05) is 6.92 Å². The first kappa shape index (κ1) is 15.5. The van der Waals surface area contributed by atoms with E-state index in [-0.39, 0.29) is 12.5 Å². The zero-order valence-corrected chi connectivity index (χ0v) is 11.6. The van der Waals surface area contributed by atoms with Crippen molar-refractivity contribution >= 4 is 11.6 Å². The van der Waals surface area contributed by atoms with Gasteiger partial charge >= 0.3 is 0 Å². The lowest BCUT2D eigenvalue weighted by atomic mass is 10.0. The molecule has 2 atom stereocenters. The third-order valence-corrected chi connectivity index (χ3v) is 3.38. The zero-order valence-electron chi connectivity index (χ0n) is 11.6. The third-order valence-electron chi connectivity index (χ3n) is 3.38. The normalized spacial score (nSPS) is 15.6. The number of hydrogen-bond donors (Lipinski definition) is 3. The molecule has 0 heterocycles. The first-order valence-corrected chi connectivity index (χ1v) is 6.30. The molecule has 2 unspecified atom stereocenters. The Labute approximate surface area is 113 Å². The van der Waals surface area contributed by atoms with Crippen molar-refractivity contribution in [1.82, 2.24) is 5.32 Å². The maximum atomic E-state index is 11.9. The van der Waals surface area contributed by atoms with Crippen LogP contribution in [0.4, 0.5) is 5.69 Å².